The van der Waals surface area contributed by atoms with Gasteiger partial charge in [0.15, 0.2) is 6.29 Å². The van der Waals surface area contributed by atoms with Crippen LogP contribution in [0.1, 0.15) is 6.92 Å². The maximum absolute atomic E-state index is 5.04. The largest absolute Gasteiger partial charge is 0.356 e. The third-order valence-corrected chi connectivity index (χ3v) is 0.958. The number of rotatable bonds is 4. The Bertz CT molecular complexity index is 49.7. The second-order valence-corrected chi connectivity index (χ2v) is 1.84. The van der Waals surface area contributed by atoms with Crippen LogP contribution >= 0.6 is 12.6 Å². The molecule has 0 heterocycles. The summed E-state index contributed by atoms with van der Waals surface area (Å²) in [5.74, 6) is 0.744. The molecule has 0 aromatic carbocycles. The molecule has 1 unspecified atom stereocenters. The molecular formula is C5H12O2S. The van der Waals surface area contributed by atoms with Crippen molar-refractivity contribution < 1.29 is 9.47 Å². The number of thiol groups is 1. The Morgan fingerprint density at radius 1 is 1.62 bits per heavy atom. The maximum Gasteiger partial charge on any atom is 0.154 e. The van der Waals surface area contributed by atoms with E-state index < -0.39 is 0 Å². The van der Waals surface area contributed by atoms with Crippen molar-refractivity contribution in [2.24, 2.45) is 0 Å². The van der Waals surface area contributed by atoms with Crippen LogP contribution in [0.5, 0.6) is 0 Å². The molecule has 0 aliphatic carbocycles. The van der Waals surface area contributed by atoms with Gasteiger partial charge in [-0.1, -0.05) is 0 Å². The van der Waals surface area contributed by atoms with Gasteiger partial charge >= 0.3 is 0 Å². The Labute approximate surface area is 55.6 Å². The van der Waals surface area contributed by atoms with Crippen molar-refractivity contribution in [3.8, 4) is 0 Å². The Balaban J connectivity index is 2.86. The summed E-state index contributed by atoms with van der Waals surface area (Å²) in [7, 11) is 1.61. The highest BCUT2D eigenvalue weighted by molar-refractivity contribution is 7.80. The summed E-state index contributed by atoms with van der Waals surface area (Å²) < 4.78 is 9.84. The van der Waals surface area contributed by atoms with Gasteiger partial charge in [-0.2, -0.15) is 12.6 Å². The molecule has 0 N–H and O–H groups in total. The second-order valence-electron chi connectivity index (χ2n) is 1.40. The molecule has 0 aliphatic rings. The topological polar surface area (TPSA) is 18.5 Å². The van der Waals surface area contributed by atoms with Crippen LogP contribution in [0.25, 0.3) is 0 Å². The fraction of sp³-hybridized carbons (Fsp3) is 1.00. The summed E-state index contributed by atoms with van der Waals surface area (Å²) in [6.07, 6.45) is -0.0952. The number of ether oxygens (including phenoxy) is 2. The van der Waals surface area contributed by atoms with Crippen LogP contribution in [0, 0.1) is 0 Å². The third-order valence-electron chi connectivity index (χ3n) is 0.776. The molecular weight excluding hydrogens is 124 g/mol. The Kier molecular flexibility index (Phi) is 5.59. The number of methoxy groups -OCH3 is 1. The van der Waals surface area contributed by atoms with Crippen molar-refractivity contribution in [2.75, 3.05) is 19.5 Å². The minimum atomic E-state index is -0.0952. The van der Waals surface area contributed by atoms with Crippen LogP contribution < -0.4 is 0 Å². The van der Waals surface area contributed by atoms with Crippen molar-refractivity contribution in [1.82, 2.24) is 0 Å². The normalized spacial score (nSPS) is 13.9. The van der Waals surface area contributed by atoms with Gasteiger partial charge in [0.25, 0.3) is 0 Å². The molecule has 0 rings (SSSR count). The highest BCUT2D eigenvalue weighted by Gasteiger charge is 1.94. The molecule has 2 nitrogen and oxygen atoms in total. The van der Waals surface area contributed by atoms with Crippen LogP contribution in [0.4, 0.5) is 0 Å². The van der Waals surface area contributed by atoms with Crippen molar-refractivity contribution in [3.05, 3.63) is 0 Å². The van der Waals surface area contributed by atoms with E-state index in [0.29, 0.717) is 6.61 Å². The van der Waals surface area contributed by atoms with Crippen molar-refractivity contribution in [2.45, 2.75) is 13.2 Å². The highest BCUT2D eigenvalue weighted by Crippen LogP contribution is 1.89. The minimum Gasteiger partial charge on any atom is -0.356 e. The molecule has 50 valence electrons. The summed E-state index contributed by atoms with van der Waals surface area (Å²) in [5.41, 5.74) is 0. The van der Waals surface area contributed by atoms with Gasteiger partial charge in [0.05, 0.1) is 6.61 Å². The summed E-state index contributed by atoms with van der Waals surface area (Å²) in [6.45, 7) is 2.50. The fourth-order valence-electron chi connectivity index (χ4n) is 0.287. The zero-order valence-electron chi connectivity index (χ0n) is 5.26. The molecule has 0 radical (unpaired) electrons. The van der Waals surface area contributed by atoms with Crippen LogP contribution in [-0.2, 0) is 9.47 Å². The molecule has 0 bridgehead atoms. The lowest BCUT2D eigenvalue weighted by molar-refractivity contribution is -0.105. The first-order chi connectivity index (χ1) is 3.81. The van der Waals surface area contributed by atoms with Gasteiger partial charge in [-0.25, -0.2) is 0 Å². The van der Waals surface area contributed by atoms with E-state index in [1.807, 2.05) is 6.92 Å². The molecule has 0 saturated carbocycles. The number of hydrogen-bond donors (Lipinski definition) is 1. The van der Waals surface area contributed by atoms with Crippen LogP contribution in [0.3, 0.4) is 0 Å². The average Bonchev–Trinajstić information content (AvgIpc) is 1.83. The first-order valence-electron chi connectivity index (χ1n) is 2.56. The Hall–Kier alpha value is 0.270. The molecule has 3 heteroatoms. The molecule has 8 heavy (non-hydrogen) atoms. The van der Waals surface area contributed by atoms with E-state index >= 15 is 0 Å². The van der Waals surface area contributed by atoms with Gasteiger partial charge in [0.2, 0.25) is 0 Å². The first-order valence-corrected chi connectivity index (χ1v) is 3.19. The summed E-state index contributed by atoms with van der Waals surface area (Å²) in [5, 5.41) is 0. The predicted molar refractivity (Wildman–Crippen MR) is 36.3 cm³/mol. The zero-order chi connectivity index (χ0) is 6.41. The summed E-state index contributed by atoms with van der Waals surface area (Å²) in [6, 6.07) is 0. The van der Waals surface area contributed by atoms with Gasteiger partial charge in [-0.3, -0.25) is 0 Å². The molecule has 0 aromatic rings. The molecule has 0 amide bonds. The first kappa shape index (κ1) is 8.27. The fourth-order valence-corrected chi connectivity index (χ4v) is 0.392. The maximum atomic E-state index is 5.04. The van der Waals surface area contributed by atoms with E-state index in [-0.39, 0.29) is 6.29 Å². The van der Waals surface area contributed by atoms with Gasteiger partial charge in [0, 0.05) is 12.9 Å². The predicted octanol–water partition coefficient (Wildman–Crippen LogP) is 0.925. The molecule has 0 saturated heterocycles. The lowest BCUT2D eigenvalue weighted by Crippen LogP contribution is -2.11. The molecule has 0 fully saturated rings. The van der Waals surface area contributed by atoms with Crippen LogP contribution in [-0.4, -0.2) is 25.8 Å². The third kappa shape index (κ3) is 4.43. The summed E-state index contributed by atoms with van der Waals surface area (Å²) in [4.78, 5) is 0. The van der Waals surface area contributed by atoms with E-state index in [1.54, 1.807) is 7.11 Å². The minimum absolute atomic E-state index is 0.0952. The quantitative estimate of drug-likeness (QED) is 0.457. The van der Waals surface area contributed by atoms with E-state index in [9.17, 15) is 0 Å². The van der Waals surface area contributed by atoms with E-state index in [1.165, 1.54) is 0 Å². The SMILES string of the molecule is COC(C)OCCS. The van der Waals surface area contributed by atoms with E-state index in [2.05, 4.69) is 12.6 Å². The van der Waals surface area contributed by atoms with Gasteiger partial charge in [0.1, 0.15) is 0 Å². The van der Waals surface area contributed by atoms with Gasteiger partial charge < -0.3 is 9.47 Å². The van der Waals surface area contributed by atoms with E-state index in [4.69, 9.17) is 9.47 Å². The van der Waals surface area contributed by atoms with Crippen LogP contribution in [0.2, 0.25) is 0 Å². The monoisotopic (exact) mass is 136 g/mol. The van der Waals surface area contributed by atoms with Gasteiger partial charge in [-0.05, 0) is 6.92 Å². The number of hydrogen-bond acceptors (Lipinski definition) is 3. The molecule has 0 aromatic heterocycles. The smallest absolute Gasteiger partial charge is 0.154 e. The van der Waals surface area contributed by atoms with Crippen molar-refractivity contribution >= 4 is 12.6 Å². The highest BCUT2D eigenvalue weighted by atomic mass is 32.1. The lowest BCUT2D eigenvalue weighted by atomic mass is 10.7. The van der Waals surface area contributed by atoms with Crippen LogP contribution in [0.15, 0.2) is 0 Å². The zero-order valence-corrected chi connectivity index (χ0v) is 6.15. The molecule has 1 atom stereocenters. The Morgan fingerprint density at radius 2 is 2.25 bits per heavy atom. The van der Waals surface area contributed by atoms with Crippen molar-refractivity contribution in [1.29, 1.82) is 0 Å². The van der Waals surface area contributed by atoms with Crippen molar-refractivity contribution in [3.63, 3.8) is 0 Å². The summed E-state index contributed by atoms with van der Waals surface area (Å²) >= 11 is 3.95. The average molecular weight is 136 g/mol. The molecule has 0 aliphatic heterocycles. The molecule has 0 spiro atoms. The second kappa shape index (κ2) is 5.41. The van der Waals surface area contributed by atoms with Gasteiger partial charge in [-0.15, -0.1) is 0 Å². The standard InChI is InChI=1S/C5H12O2S/c1-5(6-2)7-3-4-8/h5,8H,3-4H2,1-2H3. The lowest BCUT2D eigenvalue weighted by Gasteiger charge is -2.08. The van der Waals surface area contributed by atoms with E-state index in [0.717, 1.165) is 5.75 Å². The Morgan fingerprint density at radius 3 is 2.62 bits per heavy atom.